The molecule has 1 aliphatic heterocycles. The maximum Gasteiger partial charge on any atom is 0.264 e. The van der Waals surface area contributed by atoms with E-state index >= 15 is 0 Å². The van der Waals surface area contributed by atoms with E-state index in [9.17, 15) is 13.2 Å². The fourth-order valence-corrected chi connectivity index (χ4v) is 5.62. The number of nitrogens with one attached hydrogen (secondary N) is 1. The van der Waals surface area contributed by atoms with Crippen molar-refractivity contribution in [3.63, 3.8) is 0 Å². The number of ether oxygens (including phenoxy) is 1. The van der Waals surface area contributed by atoms with Gasteiger partial charge in [-0.2, -0.15) is 0 Å². The molecule has 0 fully saturated rings. The summed E-state index contributed by atoms with van der Waals surface area (Å²) in [4.78, 5) is 15.3. The number of para-hydroxylation sites is 2. The molecule has 1 amide bonds. The summed E-state index contributed by atoms with van der Waals surface area (Å²) in [5, 5.41) is 3.32. The van der Waals surface area contributed by atoms with Crippen molar-refractivity contribution >= 4 is 38.9 Å². The second-order valence-corrected chi connectivity index (χ2v) is 10.4. The molecule has 0 saturated carbocycles. The van der Waals surface area contributed by atoms with Crippen molar-refractivity contribution in [2.24, 2.45) is 0 Å². The van der Waals surface area contributed by atoms with Crippen molar-refractivity contribution in [1.82, 2.24) is 5.32 Å². The summed E-state index contributed by atoms with van der Waals surface area (Å²) in [6.45, 7) is 6.22. The van der Waals surface area contributed by atoms with Crippen molar-refractivity contribution < 1.29 is 17.9 Å². The smallest absolute Gasteiger partial charge is 0.264 e. The molecule has 1 aliphatic rings. The van der Waals surface area contributed by atoms with Crippen LogP contribution >= 0.6 is 11.6 Å². The van der Waals surface area contributed by atoms with Crippen LogP contribution < -0.4 is 19.3 Å². The van der Waals surface area contributed by atoms with Crippen molar-refractivity contribution in [1.29, 1.82) is 0 Å². The number of amides is 1. The molecular weight excluding hydrogens is 486 g/mol. The molecule has 184 valence electrons. The number of hydrogen-bond acceptors (Lipinski definition) is 5. The summed E-state index contributed by atoms with van der Waals surface area (Å²) in [5.41, 5.74) is 2.45. The molecule has 0 aromatic heterocycles. The maximum absolute atomic E-state index is 13.4. The van der Waals surface area contributed by atoms with Gasteiger partial charge in [0.2, 0.25) is 0 Å². The van der Waals surface area contributed by atoms with E-state index in [2.05, 4.69) is 24.1 Å². The Kier molecular flexibility index (Phi) is 7.52. The van der Waals surface area contributed by atoms with Crippen LogP contribution in [0.4, 0.5) is 11.4 Å². The third-order valence-corrected chi connectivity index (χ3v) is 8.01. The quantitative estimate of drug-likeness (QED) is 0.481. The van der Waals surface area contributed by atoms with Crippen molar-refractivity contribution in [2.45, 2.75) is 31.4 Å². The van der Waals surface area contributed by atoms with E-state index in [0.29, 0.717) is 23.0 Å². The maximum atomic E-state index is 13.4. The van der Waals surface area contributed by atoms with Crippen LogP contribution in [0.2, 0.25) is 5.02 Å². The number of halogens is 1. The number of fused-ring (bicyclic) bond motifs is 1. The Morgan fingerprint density at radius 3 is 2.34 bits per heavy atom. The van der Waals surface area contributed by atoms with E-state index in [1.54, 1.807) is 24.3 Å². The van der Waals surface area contributed by atoms with E-state index in [-0.39, 0.29) is 17.3 Å². The molecule has 0 spiro atoms. The Hall–Kier alpha value is -3.23. The molecule has 3 aromatic carbocycles. The van der Waals surface area contributed by atoms with Crippen molar-refractivity contribution in [2.75, 3.05) is 28.8 Å². The molecule has 3 aromatic rings. The van der Waals surface area contributed by atoms with E-state index in [0.717, 1.165) is 24.3 Å². The highest BCUT2D eigenvalue weighted by Crippen LogP contribution is 2.37. The first-order valence-electron chi connectivity index (χ1n) is 11.5. The number of benzene rings is 3. The first kappa shape index (κ1) is 24.9. The van der Waals surface area contributed by atoms with Gasteiger partial charge in [-0.3, -0.25) is 9.10 Å². The van der Waals surface area contributed by atoms with Crippen LogP contribution in [0.1, 0.15) is 19.4 Å². The van der Waals surface area contributed by atoms with Gasteiger partial charge in [0.25, 0.3) is 15.9 Å². The number of rotatable bonds is 8. The second-order valence-electron chi connectivity index (χ2n) is 8.12. The number of carbonyl (C=O) groups is 1. The van der Waals surface area contributed by atoms with Crippen LogP contribution in [0, 0.1) is 0 Å². The first-order chi connectivity index (χ1) is 16.8. The number of hydrogen-bond donors (Lipinski definition) is 1. The summed E-state index contributed by atoms with van der Waals surface area (Å²) in [7, 11) is -3.93. The van der Waals surface area contributed by atoms with Gasteiger partial charge in [-0.25, -0.2) is 8.42 Å². The van der Waals surface area contributed by atoms with E-state index in [1.807, 2.05) is 24.3 Å². The lowest BCUT2D eigenvalue weighted by Crippen LogP contribution is -2.50. The van der Waals surface area contributed by atoms with Gasteiger partial charge >= 0.3 is 0 Å². The molecule has 4 rings (SSSR count). The summed E-state index contributed by atoms with van der Waals surface area (Å²) in [6.07, 6.45) is -0.998. The van der Waals surface area contributed by atoms with Crippen LogP contribution in [-0.4, -0.2) is 40.1 Å². The van der Waals surface area contributed by atoms with E-state index in [4.69, 9.17) is 16.3 Å². The molecule has 1 atom stereocenters. The molecule has 1 heterocycles. The topological polar surface area (TPSA) is 79.0 Å². The van der Waals surface area contributed by atoms with Crippen LogP contribution in [0.25, 0.3) is 0 Å². The molecule has 0 bridgehead atoms. The summed E-state index contributed by atoms with van der Waals surface area (Å²) in [5.74, 6) is -0.0522. The van der Waals surface area contributed by atoms with Crippen molar-refractivity contribution in [3.8, 4) is 5.75 Å². The highest BCUT2D eigenvalue weighted by molar-refractivity contribution is 7.92. The van der Waals surface area contributed by atoms with E-state index < -0.39 is 16.1 Å². The fraction of sp³-hybridized carbons (Fsp3) is 0.269. The standard InChI is InChI=1S/C26H28ClN3O4S/c1-3-29(4-2)21-13-9-19(10-14-21)17-28-26(31)25-18-30(23-7-5-6-8-24(23)34-25)35(32,33)22-15-11-20(27)12-16-22/h5-16,25H,3-4,17-18H2,1-2H3,(H,28,31). The van der Waals surface area contributed by atoms with Gasteiger partial charge in [0.15, 0.2) is 6.10 Å². The molecule has 0 aliphatic carbocycles. The van der Waals surface area contributed by atoms with Crippen LogP contribution in [0.15, 0.2) is 77.7 Å². The number of sulfonamides is 1. The van der Waals surface area contributed by atoms with Gasteiger partial charge in [-0.15, -0.1) is 0 Å². The normalized spacial score (nSPS) is 15.2. The minimum absolute atomic E-state index is 0.0889. The Labute approximate surface area is 211 Å². The summed E-state index contributed by atoms with van der Waals surface area (Å²) < 4.78 is 34.0. The third-order valence-electron chi connectivity index (χ3n) is 5.96. The Morgan fingerprint density at radius 1 is 1.03 bits per heavy atom. The molecule has 9 heteroatoms. The Balaban J connectivity index is 1.51. The third kappa shape index (κ3) is 5.39. The van der Waals surface area contributed by atoms with Crippen LogP contribution in [-0.2, 0) is 21.4 Å². The predicted molar refractivity (Wildman–Crippen MR) is 139 cm³/mol. The zero-order valence-corrected chi connectivity index (χ0v) is 21.2. The predicted octanol–water partition coefficient (Wildman–Crippen LogP) is 4.46. The minimum atomic E-state index is -3.93. The fourth-order valence-electron chi connectivity index (χ4n) is 4.02. The zero-order valence-electron chi connectivity index (χ0n) is 19.6. The highest BCUT2D eigenvalue weighted by Gasteiger charge is 2.37. The monoisotopic (exact) mass is 513 g/mol. The lowest BCUT2D eigenvalue weighted by molar-refractivity contribution is -0.127. The summed E-state index contributed by atoms with van der Waals surface area (Å²) in [6, 6.07) is 20.7. The lowest BCUT2D eigenvalue weighted by atomic mass is 10.1. The van der Waals surface area contributed by atoms with Gasteiger partial charge < -0.3 is 15.0 Å². The molecule has 1 N–H and O–H groups in total. The van der Waals surface area contributed by atoms with E-state index in [1.165, 1.54) is 28.6 Å². The average Bonchev–Trinajstić information content (AvgIpc) is 2.88. The van der Waals surface area contributed by atoms with Gasteiger partial charge in [0, 0.05) is 30.3 Å². The number of anilines is 2. The lowest BCUT2D eigenvalue weighted by Gasteiger charge is -2.34. The van der Waals surface area contributed by atoms with Crippen LogP contribution in [0.3, 0.4) is 0 Å². The largest absolute Gasteiger partial charge is 0.476 e. The molecular formula is C26H28ClN3O4S. The first-order valence-corrected chi connectivity index (χ1v) is 13.3. The number of nitrogens with zero attached hydrogens (tertiary/aromatic N) is 2. The Bertz CT molecular complexity index is 1280. The molecule has 0 radical (unpaired) electrons. The number of carbonyl (C=O) groups excluding carboxylic acids is 1. The van der Waals surface area contributed by atoms with Gasteiger partial charge in [-0.05, 0) is 67.9 Å². The average molecular weight is 514 g/mol. The molecule has 35 heavy (non-hydrogen) atoms. The zero-order chi connectivity index (χ0) is 25.0. The second kappa shape index (κ2) is 10.6. The molecule has 1 unspecified atom stereocenters. The minimum Gasteiger partial charge on any atom is -0.476 e. The van der Waals surface area contributed by atoms with Gasteiger partial charge in [0.05, 0.1) is 17.1 Å². The van der Waals surface area contributed by atoms with Crippen molar-refractivity contribution in [3.05, 3.63) is 83.4 Å². The van der Waals surface area contributed by atoms with Gasteiger partial charge in [-0.1, -0.05) is 35.9 Å². The Morgan fingerprint density at radius 2 is 1.69 bits per heavy atom. The molecule has 0 saturated heterocycles. The SMILES string of the molecule is CCN(CC)c1ccc(CNC(=O)C2CN(S(=O)(=O)c3ccc(Cl)cc3)c3ccccc3O2)cc1. The van der Waals surface area contributed by atoms with Gasteiger partial charge in [0.1, 0.15) is 5.75 Å². The summed E-state index contributed by atoms with van der Waals surface area (Å²) >= 11 is 5.93. The van der Waals surface area contributed by atoms with Crippen LogP contribution in [0.5, 0.6) is 5.75 Å². The molecule has 7 nitrogen and oxygen atoms in total. The highest BCUT2D eigenvalue weighted by atomic mass is 35.5.